The molecule has 1 unspecified atom stereocenters. The molecule has 1 aromatic heterocycles. The fraction of sp³-hybridized carbons (Fsp3) is 0.476. The van der Waals surface area contributed by atoms with E-state index in [1.165, 1.54) is 13.0 Å². The molecule has 0 spiro atoms. The molecule has 0 saturated carbocycles. The monoisotopic (exact) mass is 449 g/mol. The van der Waals surface area contributed by atoms with Gasteiger partial charge in [-0.3, -0.25) is 9.89 Å². The number of halogens is 2. The standard InChI is InChI=1S/C21H29Cl2N7/c1-5-30-10-6-7-16(13-30)26-19-11-14(2)25-21(28-19)29(4)20(24-3)27-15-8-9-17(22)18(23)12-15/h8-9,11-12,16H,5-7,10,13H2,1-4H3,(H,24,27)(H,25,26,28). The lowest BCUT2D eigenvalue weighted by Gasteiger charge is -2.32. The highest BCUT2D eigenvalue weighted by atomic mass is 35.5. The van der Waals surface area contributed by atoms with Crippen molar-refractivity contribution in [2.75, 3.05) is 49.3 Å². The first-order valence-corrected chi connectivity index (χ1v) is 10.9. The molecule has 1 fully saturated rings. The van der Waals surface area contributed by atoms with Crippen molar-refractivity contribution in [2.45, 2.75) is 32.7 Å². The maximum absolute atomic E-state index is 6.13. The zero-order valence-corrected chi connectivity index (χ0v) is 19.4. The normalized spacial score (nSPS) is 17.7. The number of likely N-dealkylation sites (tertiary alicyclic amines) is 1. The second-order valence-corrected chi connectivity index (χ2v) is 8.25. The Hall–Kier alpha value is -2.09. The SMILES string of the molecule is CCN1CCCC(Nc2cc(C)nc(N(C)C(=NC)Nc3ccc(Cl)c(Cl)c3)n2)C1. The van der Waals surface area contributed by atoms with Crippen molar-refractivity contribution >= 4 is 46.6 Å². The van der Waals surface area contributed by atoms with Gasteiger partial charge in [0.25, 0.3) is 0 Å². The van der Waals surface area contributed by atoms with Crippen LogP contribution in [0.1, 0.15) is 25.5 Å². The van der Waals surface area contributed by atoms with E-state index < -0.39 is 0 Å². The number of likely N-dealkylation sites (N-methyl/N-ethyl adjacent to an activating group) is 1. The number of guanidine groups is 1. The average molecular weight is 450 g/mol. The number of nitrogens with zero attached hydrogens (tertiary/aromatic N) is 5. The molecule has 1 atom stereocenters. The molecule has 2 N–H and O–H groups in total. The van der Waals surface area contributed by atoms with Crippen LogP contribution in [0, 0.1) is 6.92 Å². The Bertz CT molecular complexity index is 903. The maximum Gasteiger partial charge on any atom is 0.234 e. The molecular formula is C21H29Cl2N7. The van der Waals surface area contributed by atoms with Gasteiger partial charge in [0.05, 0.1) is 10.0 Å². The van der Waals surface area contributed by atoms with Crippen molar-refractivity contribution in [3.05, 3.63) is 40.0 Å². The van der Waals surface area contributed by atoms with Crippen LogP contribution in [0.2, 0.25) is 10.0 Å². The Balaban J connectivity index is 1.75. The van der Waals surface area contributed by atoms with Gasteiger partial charge in [0, 0.05) is 44.1 Å². The van der Waals surface area contributed by atoms with Crippen molar-refractivity contribution < 1.29 is 0 Å². The number of nitrogens with one attached hydrogen (secondary N) is 2. The van der Waals surface area contributed by atoms with Crippen molar-refractivity contribution in [3.63, 3.8) is 0 Å². The summed E-state index contributed by atoms with van der Waals surface area (Å²) >= 11 is 12.1. The number of piperidine rings is 1. The molecule has 0 bridgehead atoms. The third kappa shape index (κ3) is 5.74. The zero-order chi connectivity index (χ0) is 21.7. The molecule has 0 amide bonds. The minimum Gasteiger partial charge on any atom is -0.366 e. The van der Waals surface area contributed by atoms with E-state index in [-0.39, 0.29) is 0 Å². The summed E-state index contributed by atoms with van der Waals surface area (Å²) in [7, 11) is 3.59. The first-order chi connectivity index (χ1) is 14.4. The van der Waals surface area contributed by atoms with Crippen molar-refractivity contribution in [3.8, 4) is 0 Å². The van der Waals surface area contributed by atoms with Gasteiger partial charge in [0.2, 0.25) is 11.9 Å². The molecule has 1 saturated heterocycles. The third-order valence-electron chi connectivity index (χ3n) is 5.15. The van der Waals surface area contributed by atoms with Crippen LogP contribution in [-0.2, 0) is 0 Å². The van der Waals surface area contributed by atoms with Crippen molar-refractivity contribution in [2.24, 2.45) is 4.99 Å². The Morgan fingerprint density at radius 1 is 1.27 bits per heavy atom. The van der Waals surface area contributed by atoms with E-state index >= 15 is 0 Å². The lowest BCUT2D eigenvalue weighted by molar-refractivity contribution is 0.226. The molecule has 1 aromatic carbocycles. The van der Waals surface area contributed by atoms with E-state index in [0.717, 1.165) is 36.7 Å². The van der Waals surface area contributed by atoms with Gasteiger partial charge < -0.3 is 15.5 Å². The molecule has 3 rings (SSSR count). The minimum absolute atomic E-state index is 0.389. The van der Waals surface area contributed by atoms with Crippen LogP contribution in [0.4, 0.5) is 17.5 Å². The van der Waals surface area contributed by atoms with Gasteiger partial charge in [-0.15, -0.1) is 0 Å². The van der Waals surface area contributed by atoms with Crippen LogP contribution in [0.3, 0.4) is 0 Å². The highest BCUT2D eigenvalue weighted by molar-refractivity contribution is 6.42. The molecule has 162 valence electrons. The second kappa shape index (κ2) is 10.3. The van der Waals surface area contributed by atoms with Crippen LogP contribution in [0.25, 0.3) is 0 Å². The molecule has 2 heterocycles. The molecule has 30 heavy (non-hydrogen) atoms. The quantitative estimate of drug-likeness (QED) is 0.516. The third-order valence-corrected chi connectivity index (χ3v) is 5.89. The van der Waals surface area contributed by atoms with Gasteiger partial charge in [-0.1, -0.05) is 30.1 Å². The maximum atomic E-state index is 6.13. The van der Waals surface area contributed by atoms with Crippen LogP contribution in [-0.4, -0.2) is 60.6 Å². The molecular weight excluding hydrogens is 421 g/mol. The van der Waals surface area contributed by atoms with Gasteiger partial charge in [-0.2, -0.15) is 4.98 Å². The first kappa shape index (κ1) is 22.6. The van der Waals surface area contributed by atoms with E-state index in [1.54, 1.807) is 19.2 Å². The predicted octanol–water partition coefficient (Wildman–Crippen LogP) is 4.52. The summed E-state index contributed by atoms with van der Waals surface area (Å²) in [6, 6.07) is 7.72. The Kier molecular flexibility index (Phi) is 7.75. The van der Waals surface area contributed by atoms with Crippen LogP contribution in [0.5, 0.6) is 0 Å². The number of hydrogen-bond donors (Lipinski definition) is 2. The predicted molar refractivity (Wildman–Crippen MR) is 127 cm³/mol. The van der Waals surface area contributed by atoms with Crippen molar-refractivity contribution in [1.29, 1.82) is 0 Å². The molecule has 0 radical (unpaired) electrons. The number of aromatic nitrogens is 2. The molecule has 7 nitrogen and oxygen atoms in total. The van der Waals surface area contributed by atoms with Crippen LogP contribution >= 0.6 is 23.2 Å². The van der Waals surface area contributed by atoms with E-state index in [2.05, 4.69) is 32.4 Å². The number of benzene rings is 1. The summed E-state index contributed by atoms with van der Waals surface area (Å²) in [4.78, 5) is 18.0. The highest BCUT2D eigenvalue weighted by Crippen LogP contribution is 2.25. The van der Waals surface area contributed by atoms with Gasteiger partial charge in [-0.05, 0) is 51.1 Å². The average Bonchev–Trinajstić information content (AvgIpc) is 2.73. The molecule has 0 aliphatic carbocycles. The summed E-state index contributed by atoms with van der Waals surface area (Å²) in [6.07, 6.45) is 2.34. The number of hydrogen-bond acceptors (Lipinski definition) is 5. The smallest absolute Gasteiger partial charge is 0.234 e. The van der Waals surface area contributed by atoms with E-state index in [9.17, 15) is 0 Å². The summed E-state index contributed by atoms with van der Waals surface area (Å²) in [5.41, 5.74) is 1.67. The fourth-order valence-corrected chi connectivity index (χ4v) is 3.83. The minimum atomic E-state index is 0.389. The Morgan fingerprint density at radius 2 is 2.07 bits per heavy atom. The van der Waals surface area contributed by atoms with Crippen LogP contribution in [0.15, 0.2) is 29.3 Å². The molecule has 1 aliphatic heterocycles. The second-order valence-electron chi connectivity index (χ2n) is 7.43. The summed E-state index contributed by atoms with van der Waals surface area (Å²) in [6.45, 7) is 7.45. The highest BCUT2D eigenvalue weighted by Gasteiger charge is 2.20. The summed E-state index contributed by atoms with van der Waals surface area (Å²) in [5, 5.41) is 7.83. The Labute approximate surface area is 188 Å². The lowest BCUT2D eigenvalue weighted by atomic mass is 10.1. The number of aliphatic imine (C=N–C) groups is 1. The fourth-order valence-electron chi connectivity index (χ4n) is 3.53. The topological polar surface area (TPSA) is 68.7 Å². The largest absolute Gasteiger partial charge is 0.366 e. The number of rotatable bonds is 5. The molecule has 9 heteroatoms. The summed E-state index contributed by atoms with van der Waals surface area (Å²) in [5.74, 6) is 1.99. The van der Waals surface area contributed by atoms with Crippen LogP contribution < -0.4 is 15.5 Å². The van der Waals surface area contributed by atoms with Crippen molar-refractivity contribution in [1.82, 2.24) is 14.9 Å². The van der Waals surface area contributed by atoms with E-state index in [1.807, 2.05) is 31.0 Å². The Morgan fingerprint density at radius 3 is 2.77 bits per heavy atom. The number of aryl methyl sites for hydroxylation is 1. The van der Waals surface area contributed by atoms with Gasteiger partial charge in [-0.25, -0.2) is 4.98 Å². The van der Waals surface area contributed by atoms with Gasteiger partial charge >= 0.3 is 0 Å². The molecule has 2 aromatic rings. The van der Waals surface area contributed by atoms with E-state index in [0.29, 0.717) is 28.0 Å². The molecule has 1 aliphatic rings. The van der Waals surface area contributed by atoms with Gasteiger partial charge in [0.15, 0.2) is 0 Å². The zero-order valence-electron chi connectivity index (χ0n) is 17.9. The summed E-state index contributed by atoms with van der Waals surface area (Å²) < 4.78 is 0. The lowest BCUT2D eigenvalue weighted by Crippen LogP contribution is -2.42. The van der Waals surface area contributed by atoms with Gasteiger partial charge in [0.1, 0.15) is 5.82 Å². The van der Waals surface area contributed by atoms with E-state index in [4.69, 9.17) is 28.2 Å². The first-order valence-electron chi connectivity index (χ1n) is 10.2. The number of anilines is 3.